The van der Waals surface area contributed by atoms with E-state index in [1.807, 2.05) is 41.8 Å². The molecule has 0 bridgehead atoms. The van der Waals surface area contributed by atoms with Gasteiger partial charge in [-0.15, -0.1) is 0 Å². The average molecular weight is 363 g/mol. The molecule has 0 saturated carbocycles. The standard InChI is InChI=1S/C20H17N3O4/c1-2-26-13-22-18-9-4-3-8-16(18)17-10-11-19(21-20(17)22)27-15-7-5-6-14(12-15)23(24)25/h3-12H,2,13H2,1H3. The van der Waals surface area contributed by atoms with E-state index in [2.05, 4.69) is 4.98 Å². The molecule has 2 heterocycles. The van der Waals surface area contributed by atoms with Crippen LogP contribution in [0.15, 0.2) is 60.7 Å². The second-order valence-corrected chi connectivity index (χ2v) is 5.94. The summed E-state index contributed by atoms with van der Waals surface area (Å²) in [6, 6.07) is 17.8. The fraction of sp³-hybridized carbons (Fsp3) is 0.150. The van der Waals surface area contributed by atoms with Crippen molar-refractivity contribution in [2.24, 2.45) is 0 Å². The highest BCUT2D eigenvalue weighted by molar-refractivity contribution is 6.06. The Hall–Kier alpha value is -3.45. The van der Waals surface area contributed by atoms with Crippen LogP contribution in [0, 0.1) is 10.1 Å². The van der Waals surface area contributed by atoms with Crippen LogP contribution in [0.3, 0.4) is 0 Å². The molecule has 0 amide bonds. The molecule has 0 aliphatic carbocycles. The summed E-state index contributed by atoms with van der Waals surface area (Å²) in [6.45, 7) is 2.92. The molecule has 0 fully saturated rings. The van der Waals surface area contributed by atoms with Gasteiger partial charge in [0.2, 0.25) is 5.88 Å². The Morgan fingerprint density at radius 2 is 1.93 bits per heavy atom. The van der Waals surface area contributed by atoms with Gasteiger partial charge in [0.15, 0.2) is 0 Å². The number of benzene rings is 2. The third-order valence-electron chi connectivity index (χ3n) is 4.27. The quantitative estimate of drug-likeness (QED) is 0.360. The molecule has 27 heavy (non-hydrogen) atoms. The van der Waals surface area contributed by atoms with Gasteiger partial charge < -0.3 is 14.0 Å². The maximum Gasteiger partial charge on any atom is 0.273 e. The molecule has 0 unspecified atom stereocenters. The number of ether oxygens (including phenoxy) is 2. The van der Waals surface area contributed by atoms with Crippen LogP contribution in [-0.4, -0.2) is 21.1 Å². The fourth-order valence-electron chi connectivity index (χ4n) is 3.05. The smallest absolute Gasteiger partial charge is 0.273 e. The van der Waals surface area contributed by atoms with Gasteiger partial charge in [0, 0.05) is 29.5 Å². The van der Waals surface area contributed by atoms with Crippen molar-refractivity contribution < 1.29 is 14.4 Å². The van der Waals surface area contributed by atoms with E-state index in [0.717, 1.165) is 21.9 Å². The van der Waals surface area contributed by atoms with E-state index >= 15 is 0 Å². The molecule has 2 aromatic heterocycles. The summed E-state index contributed by atoms with van der Waals surface area (Å²) in [4.78, 5) is 15.1. The number of aromatic nitrogens is 2. The topological polar surface area (TPSA) is 79.4 Å². The van der Waals surface area contributed by atoms with Gasteiger partial charge >= 0.3 is 0 Å². The molecule has 0 aliphatic rings. The third kappa shape index (κ3) is 3.20. The number of hydrogen-bond acceptors (Lipinski definition) is 5. The SMILES string of the molecule is CCOCn1c2ccccc2c2ccc(Oc3cccc([N+](=O)[O-])c3)nc21. The summed E-state index contributed by atoms with van der Waals surface area (Å²) in [5.41, 5.74) is 1.74. The molecule has 136 valence electrons. The van der Waals surface area contributed by atoms with Crippen molar-refractivity contribution in [1.82, 2.24) is 9.55 Å². The molecule has 7 nitrogen and oxygen atoms in total. The molecule has 0 spiro atoms. The maximum absolute atomic E-state index is 10.9. The number of hydrogen-bond donors (Lipinski definition) is 0. The van der Waals surface area contributed by atoms with Crippen LogP contribution in [0.4, 0.5) is 5.69 Å². The fourth-order valence-corrected chi connectivity index (χ4v) is 3.05. The van der Waals surface area contributed by atoms with Crippen LogP contribution in [0.5, 0.6) is 11.6 Å². The zero-order valence-corrected chi connectivity index (χ0v) is 14.7. The van der Waals surface area contributed by atoms with Crippen molar-refractivity contribution in [3.8, 4) is 11.6 Å². The van der Waals surface area contributed by atoms with E-state index in [1.165, 1.54) is 12.1 Å². The molecule has 4 aromatic rings. The summed E-state index contributed by atoms with van der Waals surface area (Å²) in [7, 11) is 0. The predicted molar refractivity (Wildman–Crippen MR) is 102 cm³/mol. The van der Waals surface area contributed by atoms with Gasteiger partial charge in [-0.2, -0.15) is 4.98 Å². The summed E-state index contributed by atoms with van der Waals surface area (Å²) in [6.07, 6.45) is 0. The van der Waals surface area contributed by atoms with Gasteiger partial charge in [-0.1, -0.05) is 24.3 Å². The van der Waals surface area contributed by atoms with Gasteiger partial charge in [-0.25, -0.2) is 0 Å². The monoisotopic (exact) mass is 363 g/mol. The number of nitro groups is 1. The number of nitrogens with zero attached hydrogens (tertiary/aromatic N) is 3. The van der Waals surface area contributed by atoms with Crippen LogP contribution >= 0.6 is 0 Å². The highest BCUT2D eigenvalue weighted by atomic mass is 16.6. The Balaban J connectivity index is 1.78. The van der Waals surface area contributed by atoms with Crippen LogP contribution in [0.25, 0.3) is 21.9 Å². The first-order valence-corrected chi connectivity index (χ1v) is 8.55. The number of nitro benzene ring substituents is 1. The van der Waals surface area contributed by atoms with E-state index in [1.54, 1.807) is 18.2 Å². The number of pyridine rings is 1. The number of rotatable bonds is 6. The summed E-state index contributed by atoms with van der Waals surface area (Å²) in [5, 5.41) is 13.0. The lowest BCUT2D eigenvalue weighted by Gasteiger charge is -2.08. The molecule has 0 N–H and O–H groups in total. The zero-order chi connectivity index (χ0) is 18.8. The van der Waals surface area contributed by atoms with E-state index in [0.29, 0.717) is 25.0 Å². The number of fused-ring (bicyclic) bond motifs is 3. The van der Waals surface area contributed by atoms with E-state index in [-0.39, 0.29) is 5.69 Å². The Bertz CT molecular complexity index is 1140. The highest BCUT2D eigenvalue weighted by Gasteiger charge is 2.13. The highest BCUT2D eigenvalue weighted by Crippen LogP contribution is 2.31. The van der Waals surface area contributed by atoms with Crippen LogP contribution in [0.2, 0.25) is 0 Å². The van der Waals surface area contributed by atoms with Crippen molar-refractivity contribution in [3.05, 3.63) is 70.8 Å². The lowest BCUT2D eigenvalue weighted by molar-refractivity contribution is -0.384. The van der Waals surface area contributed by atoms with Crippen LogP contribution in [0.1, 0.15) is 6.92 Å². The second-order valence-electron chi connectivity index (χ2n) is 5.94. The first-order valence-electron chi connectivity index (χ1n) is 8.55. The molecule has 0 radical (unpaired) electrons. The van der Waals surface area contributed by atoms with E-state index in [4.69, 9.17) is 9.47 Å². The summed E-state index contributed by atoms with van der Waals surface area (Å²) in [5.74, 6) is 0.729. The molecule has 4 rings (SSSR count). The van der Waals surface area contributed by atoms with Crippen molar-refractivity contribution in [2.45, 2.75) is 13.7 Å². The average Bonchev–Trinajstić information content (AvgIpc) is 2.99. The molecule has 0 atom stereocenters. The van der Waals surface area contributed by atoms with Crippen LogP contribution in [-0.2, 0) is 11.5 Å². The van der Waals surface area contributed by atoms with Gasteiger partial charge in [0.25, 0.3) is 5.69 Å². The van der Waals surface area contributed by atoms with Gasteiger partial charge in [0.1, 0.15) is 18.1 Å². The van der Waals surface area contributed by atoms with Gasteiger partial charge in [0.05, 0.1) is 16.5 Å². The normalized spacial score (nSPS) is 11.1. The molecule has 7 heteroatoms. The van der Waals surface area contributed by atoms with Gasteiger partial charge in [-0.3, -0.25) is 10.1 Å². The molecular formula is C20H17N3O4. The van der Waals surface area contributed by atoms with E-state index in [9.17, 15) is 10.1 Å². The number of non-ortho nitro benzene ring substituents is 1. The minimum atomic E-state index is -0.455. The largest absolute Gasteiger partial charge is 0.439 e. The third-order valence-corrected chi connectivity index (χ3v) is 4.27. The Kier molecular flexibility index (Phi) is 4.43. The Morgan fingerprint density at radius 1 is 1.07 bits per heavy atom. The van der Waals surface area contributed by atoms with Gasteiger partial charge in [-0.05, 0) is 25.1 Å². The molecule has 0 saturated heterocycles. The predicted octanol–water partition coefficient (Wildman–Crippen LogP) is 4.88. The lowest BCUT2D eigenvalue weighted by atomic mass is 10.2. The molecule has 2 aromatic carbocycles. The summed E-state index contributed by atoms with van der Waals surface area (Å²) >= 11 is 0. The number of para-hydroxylation sites is 1. The first-order chi connectivity index (χ1) is 13.2. The Labute approximate surface area is 154 Å². The lowest BCUT2D eigenvalue weighted by Crippen LogP contribution is -2.03. The van der Waals surface area contributed by atoms with Crippen molar-refractivity contribution in [3.63, 3.8) is 0 Å². The van der Waals surface area contributed by atoms with Crippen molar-refractivity contribution in [1.29, 1.82) is 0 Å². The van der Waals surface area contributed by atoms with Crippen molar-refractivity contribution >= 4 is 27.6 Å². The second kappa shape index (κ2) is 7.05. The summed E-state index contributed by atoms with van der Waals surface area (Å²) < 4.78 is 13.4. The minimum absolute atomic E-state index is 0.0287. The first kappa shape index (κ1) is 17.0. The van der Waals surface area contributed by atoms with Crippen LogP contribution < -0.4 is 4.74 Å². The Morgan fingerprint density at radius 3 is 2.74 bits per heavy atom. The zero-order valence-electron chi connectivity index (χ0n) is 14.7. The maximum atomic E-state index is 10.9. The molecule has 0 aliphatic heterocycles. The minimum Gasteiger partial charge on any atom is -0.439 e. The molecular weight excluding hydrogens is 346 g/mol. The van der Waals surface area contributed by atoms with Crippen molar-refractivity contribution in [2.75, 3.05) is 6.61 Å². The van der Waals surface area contributed by atoms with E-state index < -0.39 is 4.92 Å².